The third-order valence-electron chi connectivity index (χ3n) is 3.74. The summed E-state index contributed by atoms with van der Waals surface area (Å²) >= 11 is 0. The maximum atomic E-state index is 5.72. The van der Waals surface area contributed by atoms with Gasteiger partial charge in [-0.3, -0.25) is 0 Å². The highest BCUT2D eigenvalue weighted by Crippen LogP contribution is 2.30. The fraction of sp³-hybridized carbons (Fsp3) is 0.450. The molecule has 26 heavy (non-hydrogen) atoms. The Morgan fingerprint density at radius 3 is 2.54 bits per heavy atom. The van der Waals surface area contributed by atoms with Crippen LogP contribution in [-0.2, 0) is 6.54 Å². The first-order valence-corrected chi connectivity index (χ1v) is 9.14. The standard InChI is InChI=1S/C20H29N3O3/c1-5-21-20(22-14-17-9-8-12-26-17)23-15(4)16-10-11-18(24-6-2)19(13-16)25-7-3/h8-13,15H,5-7,14H2,1-4H3,(H2,21,22,23). The molecule has 1 aromatic carbocycles. The van der Waals surface area contributed by atoms with Crippen LogP contribution in [0.25, 0.3) is 0 Å². The molecule has 6 heteroatoms. The van der Waals surface area contributed by atoms with Gasteiger partial charge in [0.1, 0.15) is 12.3 Å². The summed E-state index contributed by atoms with van der Waals surface area (Å²) < 4.78 is 16.7. The van der Waals surface area contributed by atoms with Crippen LogP contribution in [0.1, 0.15) is 45.1 Å². The number of nitrogens with one attached hydrogen (secondary N) is 2. The summed E-state index contributed by atoms with van der Waals surface area (Å²) in [7, 11) is 0. The molecular formula is C20H29N3O3. The average Bonchev–Trinajstić information content (AvgIpc) is 3.15. The van der Waals surface area contributed by atoms with E-state index < -0.39 is 0 Å². The normalized spacial score (nSPS) is 12.5. The third kappa shape index (κ3) is 5.72. The molecule has 2 aromatic rings. The van der Waals surface area contributed by atoms with Crippen molar-refractivity contribution < 1.29 is 13.9 Å². The zero-order chi connectivity index (χ0) is 18.8. The second-order valence-electron chi connectivity index (χ2n) is 5.71. The number of guanidine groups is 1. The van der Waals surface area contributed by atoms with Crippen molar-refractivity contribution in [2.45, 2.75) is 40.3 Å². The number of rotatable bonds is 9. The SMILES string of the molecule is CCNC(=NCc1ccco1)NC(C)c1ccc(OCC)c(OCC)c1. The van der Waals surface area contributed by atoms with E-state index >= 15 is 0 Å². The fourth-order valence-corrected chi connectivity index (χ4v) is 2.50. The molecule has 0 fully saturated rings. The van der Waals surface area contributed by atoms with Crippen LogP contribution in [0.5, 0.6) is 11.5 Å². The fourth-order valence-electron chi connectivity index (χ4n) is 2.50. The lowest BCUT2D eigenvalue weighted by atomic mass is 10.1. The Balaban J connectivity index is 2.11. The first-order chi connectivity index (χ1) is 12.7. The number of benzene rings is 1. The van der Waals surface area contributed by atoms with Crippen LogP contribution < -0.4 is 20.1 Å². The molecule has 1 aromatic heterocycles. The van der Waals surface area contributed by atoms with Crippen LogP contribution in [-0.4, -0.2) is 25.7 Å². The van der Waals surface area contributed by atoms with E-state index in [1.54, 1.807) is 6.26 Å². The Labute approximate surface area is 155 Å². The highest BCUT2D eigenvalue weighted by molar-refractivity contribution is 5.80. The summed E-state index contributed by atoms with van der Waals surface area (Å²) in [5, 5.41) is 6.68. The molecule has 1 unspecified atom stereocenters. The molecule has 0 aliphatic heterocycles. The van der Waals surface area contributed by atoms with Gasteiger partial charge in [-0.1, -0.05) is 6.07 Å². The van der Waals surface area contributed by atoms with E-state index in [1.807, 2.05) is 51.1 Å². The lowest BCUT2D eigenvalue weighted by molar-refractivity contribution is 0.287. The predicted octanol–water partition coefficient (Wildman–Crippen LogP) is 3.89. The predicted molar refractivity (Wildman–Crippen MR) is 104 cm³/mol. The average molecular weight is 359 g/mol. The van der Waals surface area contributed by atoms with E-state index in [4.69, 9.17) is 13.9 Å². The molecule has 0 aliphatic carbocycles. The molecular weight excluding hydrogens is 330 g/mol. The zero-order valence-electron chi connectivity index (χ0n) is 16.0. The van der Waals surface area contributed by atoms with Crippen molar-refractivity contribution in [1.29, 1.82) is 0 Å². The lowest BCUT2D eigenvalue weighted by Gasteiger charge is -2.20. The summed E-state index contributed by atoms with van der Waals surface area (Å²) in [6.45, 7) is 10.5. The summed E-state index contributed by atoms with van der Waals surface area (Å²) in [6, 6.07) is 9.85. The summed E-state index contributed by atoms with van der Waals surface area (Å²) in [6.07, 6.45) is 1.66. The summed E-state index contributed by atoms with van der Waals surface area (Å²) in [4.78, 5) is 4.57. The molecule has 6 nitrogen and oxygen atoms in total. The van der Waals surface area contributed by atoms with Gasteiger partial charge < -0.3 is 24.5 Å². The molecule has 142 valence electrons. The Morgan fingerprint density at radius 2 is 1.88 bits per heavy atom. The molecule has 1 atom stereocenters. The second kappa shape index (κ2) is 10.4. The van der Waals surface area contributed by atoms with Crippen molar-refractivity contribution in [3.8, 4) is 11.5 Å². The van der Waals surface area contributed by atoms with Crippen molar-refractivity contribution in [3.63, 3.8) is 0 Å². The molecule has 2 N–H and O–H groups in total. The van der Waals surface area contributed by atoms with Crippen LogP contribution in [0, 0.1) is 0 Å². The van der Waals surface area contributed by atoms with Crippen molar-refractivity contribution in [2.75, 3.05) is 19.8 Å². The van der Waals surface area contributed by atoms with Crippen molar-refractivity contribution in [2.24, 2.45) is 4.99 Å². The van der Waals surface area contributed by atoms with Crippen molar-refractivity contribution in [3.05, 3.63) is 47.9 Å². The van der Waals surface area contributed by atoms with Crippen LogP contribution in [0.3, 0.4) is 0 Å². The van der Waals surface area contributed by atoms with E-state index in [0.717, 1.165) is 35.3 Å². The first kappa shape index (κ1) is 19.7. The van der Waals surface area contributed by atoms with Gasteiger partial charge in [-0.05, 0) is 57.5 Å². The molecule has 0 bridgehead atoms. The minimum atomic E-state index is 0.0549. The molecule has 1 heterocycles. The minimum Gasteiger partial charge on any atom is -0.490 e. The van der Waals surface area contributed by atoms with Gasteiger partial charge in [-0.25, -0.2) is 4.99 Å². The number of nitrogens with zero attached hydrogens (tertiary/aromatic N) is 1. The van der Waals surface area contributed by atoms with Gasteiger partial charge in [0.15, 0.2) is 17.5 Å². The molecule has 0 spiro atoms. The van der Waals surface area contributed by atoms with Gasteiger partial charge in [0.25, 0.3) is 0 Å². The monoisotopic (exact) mass is 359 g/mol. The van der Waals surface area contributed by atoms with Gasteiger partial charge in [-0.2, -0.15) is 0 Å². The van der Waals surface area contributed by atoms with Gasteiger partial charge >= 0.3 is 0 Å². The molecule has 0 radical (unpaired) electrons. The summed E-state index contributed by atoms with van der Waals surface area (Å²) in [5.41, 5.74) is 1.10. The second-order valence-corrected chi connectivity index (χ2v) is 5.71. The Hall–Kier alpha value is -2.63. The Kier molecular flexibility index (Phi) is 7.86. The molecule has 0 aliphatic rings. The van der Waals surface area contributed by atoms with E-state index in [9.17, 15) is 0 Å². The maximum absolute atomic E-state index is 5.72. The Morgan fingerprint density at radius 1 is 1.12 bits per heavy atom. The van der Waals surface area contributed by atoms with Crippen molar-refractivity contribution in [1.82, 2.24) is 10.6 Å². The van der Waals surface area contributed by atoms with Gasteiger partial charge in [-0.15, -0.1) is 0 Å². The maximum Gasteiger partial charge on any atom is 0.192 e. The van der Waals surface area contributed by atoms with E-state index in [1.165, 1.54) is 0 Å². The topological polar surface area (TPSA) is 68.0 Å². The highest BCUT2D eigenvalue weighted by Gasteiger charge is 2.12. The van der Waals surface area contributed by atoms with E-state index in [-0.39, 0.29) is 6.04 Å². The smallest absolute Gasteiger partial charge is 0.192 e. The van der Waals surface area contributed by atoms with Crippen LogP contribution in [0.15, 0.2) is 46.0 Å². The number of hydrogen-bond donors (Lipinski definition) is 2. The largest absolute Gasteiger partial charge is 0.490 e. The van der Waals surface area contributed by atoms with E-state index in [2.05, 4.69) is 22.5 Å². The molecule has 0 amide bonds. The Bertz CT molecular complexity index is 684. The quantitative estimate of drug-likeness (QED) is 0.525. The van der Waals surface area contributed by atoms with Gasteiger partial charge in [0.2, 0.25) is 0 Å². The minimum absolute atomic E-state index is 0.0549. The van der Waals surface area contributed by atoms with Gasteiger partial charge in [0.05, 0.1) is 25.5 Å². The lowest BCUT2D eigenvalue weighted by Crippen LogP contribution is -2.38. The van der Waals surface area contributed by atoms with Crippen LogP contribution >= 0.6 is 0 Å². The van der Waals surface area contributed by atoms with Crippen LogP contribution in [0.4, 0.5) is 0 Å². The molecule has 2 rings (SSSR count). The highest BCUT2D eigenvalue weighted by atomic mass is 16.5. The van der Waals surface area contributed by atoms with Crippen LogP contribution in [0.2, 0.25) is 0 Å². The number of furan rings is 1. The molecule has 0 saturated carbocycles. The van der Waals surface area contributed by atoms with Gasteiger partial charge in [0, 0.05) is 6.54 Å². The zero-order valence-corrected chi connectivity index (χ0v) is 16.0. The number of ether oxygens (including phenoxy) is 2. The number of hydrogen-bond acceptors (Lipinski definition) is 4. The first-order valence-electron chi connectivity index (χ1n) is 9.14. The van der Waals surface area contributed by atoms with E-state index in [0.29, 0.717) is 19.8 Å². The third-order valence-corrected chi connectivity index (χ3v) is 3.74. The summed E-state index contributed by atoms with van der Waals surface area (Å²) in [5.74, 6) is 3.10. The van der Waals surface area contributed by atoms with Crippen molar-refractivity contribution >= 4 is 5.96 Å². The molecule has 0 saturated heterocycles. The number of aliphatic imine (C=N–C) groups is 1.